The molecule has 1 aliphatic rings. The maximum atomic E-state index is 6.33. The molecule has 0 atom stereocenters. The fraction of sp³-hybridized carbons (Fsp3) is 0.227. The molecule has 0 fully saturated rings. The first-order valence-electron chi connectivity index (χ1n) is 9.34. The van der Waals surface area contributed by atoms with E-state index in [9.17, 15) is 0 Å². The second-order valence-electron chi connectivity index (χ2n) is 7.57. The van der Waals surface area contributed by atoms with Crippen molar-refractivity contribution >= 4 is 23.0 Å². The van der Waals surface area contributed by atoms with Gasteiger partial charge < -0.3 is 16.4 Å². The minimum Gasteiger partial charge on any atom is -0.384 e. The highest BCUT2D eigenvalue weighted by Gasteiger charge is 2.29. The zero-order valence-electron chi connectivity index (χ0n) is 16.1. The molecule has 0 amide bonds. The fourth-order valence-electron chi connectivity index (χ4n) is 3.39. The molecule has 6 nitrogen and oxygen atoms in total. The Morgan fingerprint density at radius 1 is 1.18 bits per heavy atom. The molecule has 0 unspecified atom stereocenters. The summed E-state index contributed by atoms with van der Waals surface area (Å²) in [5.74, 6) is 1.14. The van der Waals surface area contributed by atoms with E-state index in [0.29, 0.717) is 18.2 Å². The van der Waals surface area contributed by atoms with Crippen molar-refractivity contribution < 1.29 is 0 Å². The molecule has 0 bridgehead atoms. The van der Waals surface area contributed by atoms with Crippen molar-refractivity contribution in [2.75, 3.05) is 17.2 Å². The van der Waals surface area contributed by atoms with Crippen LogP contribution in [0.5, 0.6) is 0 Å². The smallest absolute Gasteiger partial charge is 0.137 e. The molecule has 2 aromatic heterocycles. The van der Waals surface area contributed by atoms with Gasteiger partial charge in [0, 0.05) is 42.8 Å². The maximum Gasteiger partial charge on any atom is 0.137 e. The number of aromatic nitrogens is 2. The summed E-state index contributed by atoms with van der Waals surface area (Å²) in [6.07, 6.45) is 5.29. The SMILES string of the molecule is CC1(C)CNc2cc(N=C(N)c3cccnc3NCc3ccncc3)ccc21. The van der Waals surface area contributed by atoms with Crippen molar-refractivity contribution in [2.24, 2.45) is 10.7 Å². The molecule has 4 rings (SSSR count). The molecule has 0 aliphatic carbocycles. The van der Waals surface area contributed by atoms with Gasteiger partial charge in [0.15, 0.2) is 0 Å². The van der Waals surface area contributed by atoms with Crippen LogP contribution in [0.15, 0.2) is 66.0 Å². The van der Waals surface area contributed by atoms with E-state index in [-0.39, 0.29) is 5.41 Å². The lowest BCUT2D eigenvalue weighted by atomic mass is 9.87. The van der Waals surface area contributed by atoms with Crippen LogP contribution in [0.4, 0.5) is 17.2 Å². The lowest BCUT2D eigenvalue weighted by Crippen LogP contribution is -2.18. The van der Waals surface area contributed by atoms with Crippen molar-refractivity contribution in [1.29, 1.82) is 0 Å². The Morgan fingerprint density at radius 2 is 2.00 bits per heavy atom. The lowest BCUT2D eigenvalue weighted by Gasteiger charge is -2.16. The molecule has 4 N–H and O–H groups in total. The minimum atomic E-state index is 0.135. The number of fused-ring (bicyclic) bond motifs is 1. The van der Waals surface area contributed by atoms with E-state index in [2.05, 4.69) is 51.6 Å². The maximum absolute atomic E-state index is 6.33. The molecule has 0 saturated heterocycles. The summed E-state index contributed by atoms with van der Waals surface area (Å²) >= 11 is 0. The van der Waals surface area contributed by atoms with E-state index in [4.69, 9.17) is 5.73 Å². The number of benzene rings is 1. The zero-order valence-corrected chi connectivity index (χ0v) is 16.1. The molecule has 3 aromatic rings. The summed E-state index contributed by atoms with van der Waals surface area (Å²) in [5, 5.41) is 6.79. The van der Waals surface area contributed by atoms with Crippen LogP contribution in [0.3, 0.4) is 0 Å². The van der Waals surface area contributed by atoms with Crippen LogP contribution in [-0.4, -0.2) is 22.3 Å². The third-order valence-corrected chi connectivity index (χ3v) is 5.00. The van der Waals surface area contributed by atoms with E-state index >= 15 is 0 Å². The number of nitrogens with two attached hydrogens (primary N) is 1. The number of anilines is 2. The van der Waals surface area contributed by atoms with Crippen LogP contribution in [0.1, 0.15) is 30.5 Å². The van der Waals surface area contributed by atoms with Crippen LogP contribution in [0, 0.1) is 0 Å². The molecule has 142 valence electrons. The Morgan fingerprint density at radius 3 is 2.82 bits per heavy atom. The Bertz CT molecular complexity index is 1010. The normalized spacial score (nSPS) is 15.0. The van der Waals surface area contributed by atoms with Crippen LogP contribution in [-0.2, 0) is 12.0 Å². The zero-order chi connectivity index (χ0) is 19.6. The first-order valence-corrected chi connectivity index (χ1v) is 9.34. The molecule has 3 heterocycles. The summed E-state index contributed by atoms with van der Waals surface area (Å²) in [4.78, 5) is 13.1. The van der Waals surface area contributed by atoms with Gasteiger partial charge in [-0.05, 0) is 47.5 Å². The van der Waals surface area contributed by atoms with Crippen LogP contribution >= 0.6 is 0 Å². The van der Waals surface area contributed by atoms with Gasteiger partial charge in [0.05, 0.1) is 11.3 Å². The fourth-order valence-corrected chi connectivity index (χ4v) is 3.39. The standard InChI is InChI=1S/C22H24N6/c1-22(2)14-27-19-12-16(5-6-18(19)22)28-20(23)17-4-3-9-25-21(17)26-13-15-7-10-24-11-8-15/h3-12,27H,13-14H2,1-2H3,(H2,23,28)(H,25,26). The number of nitrogens with one attached hydrogen (secondary N) is 2. The van der Waals surface area contributed by atoms with Crippen LogP contribution in [0.2, 0.25) is 0 Å². The van der Waals surface area contributed by atoms with Gasteiger partial charge in [0.25, 0.3) is 0 Å². The number of aliphatic imine (C=N–C) groups is 1. The predicted molar refractivity (Wildman–Crippen MR) is 114 cm³/mol. The minimum absolute atomic E-state index is 0.135. The van der Waals surface area contributed by atoms with Gasteiger partial charge in [-0.1, -0.05) is 19.9 Å². The van der Waals surface area contributed by atoms with Crippen molar-refractivity contribution in [3.8, 4) is 0 Å². The summed E-state index contributed by atoms with van der Waals surface area (Å²) in [6.45, 7) is 6.04. The Hall–Kier alpha value is -3.41. The number of hydrogen-bond donors (Lipinski definition) is 3. The van der Waals surface area contributed by atoms with E-state index in [1.807, 2.05) is 30.3 Å². The topological polar surface area (TPSA) is 88.2 Å². The number of hydrogen-bond acceptors (Lipinski definition) is 5. The number of amidine groups is 1. The number of nitrogens with zero attached hydrogens (tertiary/aromatic N) is 3. The van der Waals surface area contributed by atoms with Crippen molar-refractivity contribution in [3.63, 3.8) is 0 Å². The van der Waals surface area contributed by atoms with Crippen molar-refractivity contribution in [1.82, 2.24) is 9.97 Å². The molecule has 1 aromatic carbocycles. The van der Waals surface area contributed by atoms with Gasteiger partial charge >= 0.3 is 0 Å². The molecule has 1 aliphatic heterocycles. The second kappa shape index (κ2) is 7.31. The Kier molecular flexibility index (Phi) is 4.69. The third kappa shape index (κ3) is 3.67. The average Bonchev–Trinajstić information content (AvgIpc) is 3.01. The first kappa shape index (κ1) is 18.0. The van der Waals surface area contributed by atoms with Crippen molar-refractivity contribution in [3.05, 3.63) is 77.7 Å². The molecular weight excluding hydrogens is 348 g/mol. The highest BCUT2D eigenvalue weighted by molar-refractivity contribution is 6.03. The van der Waals surface area contributed by atoms with Crippen LogP contribution in [0.25, 0.3) is 0 Å². The largest absolute Gasteiger partial charge is 0.384 e. The summed E-state index contributed by atoms with van der Waals surface area (Å²) in [6, 6.07) is 13.9. The third-order valence-electron chi connectivity index (χ3n) is 5.00. The molecule has 6 heteroatoms. The summed E-state index contributed by atoms with van der Waals surface area (Å²) in [7, 11) is 0. The highest BCUT2D eigenvalue weighted by Crippen LogP contribution is 2.38. The van der Waals surface area contributed by atoms with Gasteiger partial charge in [-0.2, -0.15) is 0 Å². The quantitative estimate of drug-likeness (QED) is 0.468. The van der Waals surface area contributed by atoms with E-state index < -0.39 is 0 Å². The summed E-state index contributed by atoms with van der Waals surface area (Å²) in [5.41, 5.74) is 11.6. The van der Waals surface area contributed by atoms with Gasteiger partial charge in [-0.3, -0.25) is 4.98 Å². The molecule has 0 saturated carbocycles. The molecule has 28 heavy (non-hydrogen) atoms. The highest BCUT2D eigenvalue weighted by atomic mass is 15.0. The molecule has 0 spiro atoms. The number of pyridine rings is 2. The summed E-state index contributed by atoms with van der Waals surface area (Å²) < 4.78 is 0. The van der Waals surface area contributed by atoms with E-state index in [0.717, 1.165) is 29.0 Å². The number of rotatable bonds is 5. The Balaban J connectivity index is 1.57. The van der Waals surface area contributed by atoms with Gasteiger partial charge in [-0.15, -0.1) is 0 Å². The lowest BCUT2D eigenvalue weighted by molar-refractivity contribution is 0.586. The van der Waals surface area contributed by atoms with Gasteiger partial charge in [-0.25, -0.2) is 9.98 Å². The monoisotopic (exact) mass is 372 g/mol. The average molecular weight is 372 g/mol. The van der Waals surface area contributed by atoms with Gasteiger partial charge in [0.1, 0.15) is 11.7 Å². The van der Waals surface area contributed by atoms with Crippen LogP contribution < -0.4 is 16.4 Å². The first-order chi connectivity index (χ1) is 13.5. The van der Waals surface area contributed by atoms with E-state index in [1.165, 1.54) is 5.56 Å². The van der Waals surface area contributed by atoms with E-state index in [1.54, 1.807) is 18.6 Å². The van der Waals surface area contributed by atoms with Gasteiger partial charge in [0.2, 0.25) is 0 Å². The molecular formula is C22H24N6. The Labute approximate surface area is 165 Å². The van der Waals surface area contributed by atoms with Crippen molar-refractivity contribution in [2.45, 2.75) is 25.8 Å². The predicted octanol–water partition coefficient (Wildman–Crippen LogP) is 3.83. The molecule has 0 radical (unpaired) electrons. The second-order valence-corrected chi connectivity index (χ2v) is 7.57.